The van der Waals surface area contributed by atoms with Gasteiger partial charge in [0, 0.05) is 39.8 Å². The number of aryl methyl sites for hydroxylation is 1. The first-order chi connectivity index (χ1) is 14.1. The fourth-order valence-electron chi connectivity index (χ4n) is 3.62. The summed E-state index contributed by atoms with van der Waals surface area (Å²) in [5.41, 5.74) is 0.860. The first-order valence-electron chi connectivity index (χ1n) is 10.1. The molecule has 1 saturated heterocycles. The van der Waals surface area contributed by atoms with E-state index in [1.54, 1.807) is 14.2 Å². The number of hydrogen-bond acceptors (Lipinski definition) is 8. The minimum Gasteiger partial charge on any atom is -0.480 e. The largest absolute Gasteiger partial charge is 0.480 e. The van der Waals surface area contributed by atoms with Crippen molar-refractivity contribution >= 4 is 27.5 Å². The van der Waals surface area contributed by atoms with Crippen LogP contribution in [0.4, 0.5) is 0 Å². The van der Waals surface area contributed by atoms with Crippen molar-refractivity contribution in [1.82, 2.24) is 25.1 Å². The number of hydrogen-bond donors (Lipinski definition) is 1. The highest BCUT2D eigenvalue weighted by Crippen LogP contribution is 2.35. The molecule has 0 saturated carbocycles. The summed E-state index contributed by atoms with van der Waals surface area (Å²) in [5.74, 6) is 0.978. The van der Waals surface area contributed by atoms with E-state index in [-0.39, 0.29) is 5.91 Å². The lowest BCUT2D eigenvalue weighted by Crippen LogP contribution is -2.46. The molecule has 3 rings (SSSR count). The second-order valence-electron chi connectivity index (χ2n) is 7.20. The van der Waals surface area contributed by atoms with Gasteiger partial charge in [-0.15, -0.1) is 11.3 Å². The molecule has 1 aliphatic heterocycles. The van der Waals surface area contributed by atoms with Crippen LogP contribution in [0.25, 0.3) is 10.2 Å². The first kappa shape index (κ1) is 21.9. The van der Waals surface area contributed by atoms with Crippen LogP contribution in [0.3, 0.4) is 0 Å². The van der Waals surface area contributed by atoms with Crippen molar-refractivity contribution in [3.8, 4) is 5.88 Å². The summed E-state index contributed by atoms with van der Waals surface area (Å²) in [6.45, 7) is 11.7. The number of fused-ring (bicyclic) bond motifs is 1. The van der Waals surface area contributed by atoms with E-state index in [1.165, 1.54) is 11.3 Å². The predicted octanol–water partition coefficient (Wildman–Crippen LogP) is 1.91. The van der Waals surface area contributed by atoms with E-state index in [4.69, 9.17) is 9.47 Å². The molecule has 9 heteroatoms. The fraction of sp³-hybridized carbons (Fsp3) is 0.650. The van der Waals surface area contributed by atoms with Crippen LogP contribution in [0.15, 0.2) is 0 Å². The van der Waals surface area contributed by atoms with Crippen molar-refractivity contribution in [3.05, 3.63) is 16.3 Å². The third-order valence-electron chi connectivity index (χ3n) is 5.33. The molecule has 2 aromatic rings. The van der Waals surface area contributed by atoms with Gasteiger partial charge in [0.1, 0.15) is 11.4 Å². The number of thiophene rings is 1. The van der Waals surface area contributed by atoms with Gasteiger partial charge in [-0.1, -0.05) is 6.92 Å². The van der Waals surface area contributed by atoms with E-state index in [2.05, 4.69) is 32.0 Å². The number of aromatic nitrogens is 2. The monoisotopic (exact) mass is 421 g/mol. The highest BCUT2D eigenvalue weighted by molar-refractivity contribution is 7.20. The van der Waals surface area contributed by atoms with Gasteiger partial charge >= 0.3 is 0 Å². The van der Waals surface area contributed by atoms with Gasteiger partial charge in [0.25, 0.3) is 5.91 Å². The van der Waals surface area contributed by atoms with E-state index < -0.39 is 0 Å². The number of ether oxygens (including phenoxy) is 2. The summed E-state index contributed by atoms with van der Waals surface area (Å²) in [4.78, 5) is 28.0. The Morgan fingerprint density at radius 2 is 1.90 bits per heavy atom. The number of nitrogens with zero attached hydrogens (tertiary/aromatic N) is 4. The molecule has 0 bridgehead atoms. The lowest BCUT2D eigenvalue weighted by atomic mass is 10.2. The number of nitrogens with one attached hydrogen (secondary N) is 1. The van der Waals surface area contributed by atoms with Crippen LogP contribution in [0, 0.1) is 6.92 Å². The number of methoxy groups -OCH3 is 2. The summed E-state index contributed by atoms with van der Waals surface area (Å²) >= 11 is 1.38. The number of rotatable bonds is 9. The van der Waals surface area contributed by atoms with Gasteiger partial charge < -0.3 is 24.6 Å². The normalized spacial score (nSPS) is 15.7. The van der Waals surface area contributed by atoms with E-state index in [1.807, 2.05) is 6.92 Å². The summed E-state index contributed by atoms with van der Waals surface area (Å²) in [6, 6.07) is 0. The SMILES string of the molecule is CCN1CCN(CCCNC(=O)c2sc3nc(COC)nc(OC)c3c2C)CC1. The minimum atomic E-state index is -0.0587. The molecule has 8 nitrogen and oxygen atoms in total. The third kappa shape index (κ3) is 5.22. The standard InChI is InChI=1S/C20H31N5O3S/c1-5-24-9-11-25(12-10-24)8-6-7-21-18(26)17-14(2)16-19(28-4)22-15(13-27-3)23-20(16)29-17/h5-13H2,1-4H3,(H,21,26). The maximum Gasteiger partial charge on any atom is 0.261 e. The Kier molecular flexibility index (Phi) is 7.77. The molecule has 0 unspecified atom stereocenters. The fourth-order valence-corrected chi connectivity index (χ4v) is 4.72. The molecule has 0 aliphatic carbocycles. The van der Waals surface area contributed by atoms with E-state index >= 15 is 0 Å². The van der Waals surface area contributed by atoms with Crippen molar-refractivity contribution in [1.29, 1.82) is 0 Å². The zero-order valence-corrected chi connectivity index (χ0v) is 18.6. The summed E-state index contributed by atoms with van der Waals surface area (Å²) in [5, 5.41) is 3.86. The van der Waals surface area contributed by atoms with Gasteiger partial charge in [0.2, 0.25) is 5.88 Å². The zero-order chi connectivity index (χ0) is 20.8. The van der Waals surface area contributed by atoms with Crippen LogP contribution in [0.1, 0.15) is 34.4 Å². The highest BCUT2D eigenvalue weighted by atomic mass is 32.1. The highest BCUT2D eigenvalue weighted by Gasteiger charge is 2.21. The van der Waals surface area contributed by atoms with E-state index in [0.29, 0.717) is 29.7 Å². The van der Waals surface area contributed by atoms with E-state index in [9.17, 15) is 4.79 Å². The average molecular weight is 422 g/mol. The van der Waals surface area contributed by atoms with Crippen LogP contribution in [-0.2, 0) is 11.3 Å². The molecule has 160 valence electrons. The van der Waals surface area contributed by atoms with Gasteiger partial charge in [0.05, 0.1) is 17.4 Å². The molecule has 0 atom stereocenters. The van der Waals surface area contributed by atoms with Gasteiger partial charge in [-0.3, -0.25) is 4.79 Å². The zero-order valence-electron chi connectivity index (χ0n) is 17.8. The third-order valence-corrected chi connectivity index (χ3v) is 6.51. The van der Waals surface area contributed by atoms with Crippen LogP contribution >= 0.6 is 11.3 Å². The van der Waals surface area contributed by atoms with E-state index in [0.717, 1.165) is 61.5 Å². The van der Waals surface area contributed by atoms with Crippen molar-refractivity contribution in [3.63, 3.8) is 0 Å². The molecule has 0 radical (unpaired) electrons. The smallest absolute Gasteiger partial charge is 0.261 e. The molecule has 3 heterocycles. The lowest BCUT2D eigenvalue weighted by molar-refractivity contribution is 0.0952. The topological polar surface area (TPSA) is 79.8 Å². The molecule has 0 spiro atoms. The Morgan fingerprint density at radius 1 is 1.17 bits per heavy atom. The second kappa shape index (κ2) is 10.3. The predicted molar refractivity (Wildman–Crippen MR) is 115 cm³/mol. The Labute approximate surface area is 176 Å². The Bertz CT molecular complexity index is 833. The maximum absolute atomic E-state index is 12.7. The molecule has 1 N–H and O–H groups in total. The first-order valence-corrected chi connectivity index (χ1v) is 10.9. The van der Waals surface area contributed by atoms with Crippen molar-refractivity contribution < 1.29 is 14.3 Å². The molecule has 1 fully saturated rings. The van der Waals surface area contributed by atoms with Crippen molar-refractivity contribution in [2.45, 2.75) is 26.9 Å². The molecule has 0 aromatic carbocycles. The Balaban J connectivity index is 1.58. The number of piperazine rings is 1. The number of carbonyl (C=O) groups excluding carboxylic acids is 1. The summed E-state index contributed by atoms with van der Waals surface area (Å²) in [6.07, 6.45) is 0.947. The van der Waals surface area contributed by atoms with Crippen LogP contribution < -0.4 is 10.1 Å². The van der Waals surface area contributed by atoms with Gasteiger partial charge in [-0.25, -0.2) is 4.98 Å². The Morgan fingerprint density at radius 3 is 2.55 bits per heavy atom. The summed E-state index contributed by atoms with van der Waals surface area (Å²) in [7, 11) is 3.18. The molecular formula is C20H31N5O3S. The van der Waals surface area contributed by atoms with Crippen molar-refractivity contribution in [2.24, 2.45) is 0 Å². The molecule has 1 amide bonds. The van der Waals surface area contributed by atoms with Crippen LogP contribution in [-0.4, -0.2) is 85.7 Å². The minimum absolute atomic E-state index is 0.0587. The number of carbonyl (C=O) groups is 1. The lowest BCUT2D eigenvalue weighted by Gasteiger charge is -2.33. The van der Waals surface area contributed by atoms with Crippen LogP contribution in [0.2, 0.25) is 0 Å². The molecule has 29 heavy (non-hydrogen) atoms. The average Bonchev–Trinajstić information content (AvgIpc) is 3.07. The second-order valence-corrected chi connectivity index (χ2v) is 8.20. The summed E-state index contributed by atoms with van der Waals surface area (Å²) < 4.78 is 10.6. The quantitative estimate of drug-likeness (QED) is 0.620. The molecular weight excluding hydrogens is 390 g/mol. The maximum atomic E-state index is 12.7. The number of amides is 1. The molecule has 1 aliphatic rings. The number of likely N-dealkylation sites (N-methyl/N-ethyl adjacent to an activating group) is 1. The van der Waals surface area contributed by atoms with Crippen molar-refractivity contribution in [2.75, 3.05) is 60.0 Å². The molecule has 2 aromatic heterocycles. The van der Waals surface area contributed by atoms with Gasteiger partial charge in [-0.05, 0) is 32.0 Å². The van der Waals surface area contributed by atoms with Crippen LogP contribution in [0.5, 0.6) is 5.88 Å². The Hall–Kier alpha value is -1.81. The van der Waals surface area contributed by atoms with Gasteiger partial charge in [0.15, 0.2) is 5.82 Å². The van der Waals surface area contributed by atoms with Gasteiger partial charge in [-0.2, -0.15) is 4.98 Å².